The van der Waals surface area contributed by atoms with Gasteiger partial charge in [0.1, 0.15) is 11.6 Å². The maximum atomic E-state index is 13.2. The van der Waals surface area contributed by atoms with Crippen molar-refractivity contribution in [3.63, 3.8) is 0 Å². The lowest BCUT2D eigenvalue weighted by Crippen LogP contribution is -2.12. The summed E-state index contributed by atoms with van der Waals surface area (Å²) in [6.07, 6.45) is -11.9. The highest BCUT2D eigenvalue weighted by molar-refractivity contribution is 8.76. The second kappa shape index (κ2) is 8.08. The molecule has 0 unspecified atom stereocenters. The van der Waals surface area contributed by atoms with Gasteiger partial charge in [-0.2, -0.15) is 26.3 Å². The first-order chi connectivity index (χ1) is 11.9. The van der Waals surface area contributed by atoms with Crippen LogP contribution in [0.3, 0.4) is 0 Å². The first-order valence-corrected chi connectivity index (χ1v) is 9.13. The molecule has 0 bridgehead atoms. The summed E-state index contributed by atoms with van der Waals surface area (Å²) >= 11 is 0. The molecule has 2 aromatic rings. The summed E-state index contributed by atoms with van der Waals surface area (Å²) in [5.74, 6) is -1.70. The lowest BCUT2D eigenvalue weighted by molar-refractivity contribution is -0.128. The molecular formula is C16H10F8S2. The Labute approximate surface area is 151 Å². The van der Waals surface area contributed by atoms with Crippen LogP contribution in [0.15, 0.2) is 46.2 Å². The fourth-order valence-corrected chi connectivity index (χ4v) is 4.47. The van der Waals surface area contributed by atoms with Gasteiger partial charge in [0.25, 0.3) is 0 Å². The predicted molar refractivity (Wildman–Crippen MR) is 84.0 cm³/mol. The van der Waals surface area contributed by atoms with E-state index < -0.39 is 36.8 Å². The van der Waals surface area contributed by atoms with Crippen molar-refractivity contribution in [1.82, 2.24) is 0 Å². The minimum atomic E-state index is -4.56. The van der Waals surface area contributed by atoms with E-state index in [9.17, 15) is 35.1 Å². The van der Waals surface area contributed by atoms with Crippen molar-refractivity contribution < 1.29 is 35.1 Å². The molecule has 0 fully saturated rings. The minimum absolute atomic E-state index is 0.0657. The van der Waals surface area contributed by atoms with Crippen LogP contribution in [0.2, 0.25) is 0 Å². The SMILES string of the molecule is Fc1ccc(SSc2ccc(F)cc2CC(F)(F)F)c(CC(F)(F)F)c1. The average molecular weight is 418 g/mol. The van der Waals surface area contributed by atoms with Crippen LogP contribution in [0.5, 0.6) is 0 Å². The van der Waals surface area contributed by atoms with Crippen LogP contribution >= 0.6 is 21.6 Å². The van der Waals surface area contributed by atoms with E-state index in [0.29, 0.717) is 0 Å². The molecule has 142 valence electrons. The molecule has 0 nitrogen and oxygen atoms in total. The van der Waals surface area contributed by atoms with Crippen molar-refractivity contribution in [3.8, 4) is 0 Å². The summed E-state index contributed by atoms with van der Waals surface area (Å²) in [4.78, 5) is 0.131. The van der Waals surface area contributed by atoms with Gasteiger partial charge < -0.3 is 0 Å². The standard InChI is InChI=1S/C16H10F8S2/c17-11-1-3-13(9(5-11)7-15(19,20)21)25-26-14-4-2-12(18)6-10(14)8-16(22,23)24/h1-6H,7-8H2. The van der Waals surface area contributed by atoms with Gasteiger partial charge in [0, 0.05) is 9.79 Å². The minimum Gasteiger partial charge on any atom is -0.207 e. The van der Waals surface area contributed by atoms with Gasteiger partial charge in [-0.3, -0.25) is 0 Å². The lowest BCUT2D eigenvalue weighted by atomic mass is 10.1. The highest BCUT2D eigenvalue weighted by atomic mass is 33.1. The quantitative estimate of drug-likeness (QED) is 0.380. The number of alkyl halides is 6. The average Bonchev–Trinajstić information content (AvgIpc) is 2.44. The van der Waals surface area contributed by atoms with Gasteiger partial charge in [-0.05, 0) is 47.5 Å². The lowest BCUT2D eigenvalue weighted by Gasteiger charge is -2.14. The van der Waals surface area contributed by atoms with E-state index >= 15 is 0 Å². The maximum absolute atomic E-state index is 13.2. The van der Waals surface area contributed by atoms with Crippen molar-refractivity contribution in [2.75, 3.05) is 0 Å². The second-order valence-corrected chi connectivity index (χ2v) is 7.47. The van der Waals surface area contributed by atoms with Crippen LogP contribution in [-0.4, -0.2) is 12.4 Å². The summed E-state index contributed by atoms with van der Waals surface area (Å²) in [5, 5.41) is 0. The highest BCUT2D eigenvalue weighted by Gasteiger charge is 2.30. The highest BCUT2D eigenvalue weighted by Crippen LogP contribution is 2.43. The van der Waals surface area contributed by atoms with Crippen LogP contribution in [0.4, 0.5) is 35.1 Å². The van der Waals surface area contributed by atoms with Gasteiger partial charge in [0.15, 0.2) is 0 Å². The van der Waals surface area contributed by atoms with Crippen LogP contribution in [0, 0.1) is 11.6 Å². The third kappa shape index (κ3) is 6.71. The van der Waals surface area contributed by atoms with Crippen molar-refractivity contribution in [1.29, 1.82) is 0 Å². The normalized spacial score (nSPS) is 12.5. The molecule has 0 atom stereocenters. The Hall–Kier alpha value is -1.42. The van der Waals surface area contributed by atoms with E-state index in [1.54, 1.807) is 0 Å². The molecule has 0 N–H and O–H groups in total. The van der Waals surface area contributed by atoms with E-state index in [2.05, 4.69) is 0 Å². The van der Waals surface area contributed by atoms with Gasteiger partial charge in [0.05, 0.1) is 12.8 Å². The topological polar surface area (TPSA) is 0 Å². The number of hydrogen-bond donors (Lipinski definition) is 0. The summed E-state index contributed by atoms with van der Waals surface area (Å²) < 4.78 is 102. The van der Waals surface area contributed by atoms with Gasteiger partial charge in [-0.15, -0.1) is 0 Å². The van der Waals surface area contributed by atoms with E-state index in [0.717, 1.165) is 58.0 Å². The zero-order valence-electron chi connectivity index (χ0n) is 12.7. The van der Waals surface area contributed by atoms with Gasteiger partial charge in [-0.1, -0.05) is 21.6 Å². The fraction of sp³-hybridized carbons (Fsp3) is 0.250. The van der Waals surface area contributed by atoms with Gasteiger partial charge in [0.2, 0.25) is 0 Å². The monoisotopic (exact) mass is 418 g/mol. The van der Waals surface area contributed by atoms with Crippen molar-refractivity contribution in [3.05, 3.63) is 59.2 Å². The summed E-state index contributed by atoms with van der Waals surface area (Å²) in [5.41, 5.74) is -0.649. The van der Waals surface area contributed by atoms with E-state index in [-0.39, 0.29) is 20.9 Å². The van der Waals surface area contributed by atoms with Gasteiger partial charge >= 0.3 is 12.4 Å². The first kappa shape index (κ1) is 20.9. The maximum Gasteiger partial charge on any atom is 0.393 e. The molecule has 0 aliphatic rings. The Morgan fingerprint density at radius 1 is 0.615 bits per heavy atom. The largest absolute Gasteiger partial charge is 0.393 e. The third-order valence-electron chi connectivity index (χ3n) is 3.05. The fourth-order valence-electron chi connectivity index (χ4n) is 2.06. The summed E-state index contributed by atoms with van der Waals surface area (Å²) in [7, 11) is 1.51. The Morgan fingerprint density at radius 3 is 1.27 bits per heavy atom. The third-order valence-corrected chi connectivity index (χ3v) is 5.61. The molecule has 0 saturated carbocycles. The summed E-state index contributed by atoms with van der Waals surface area (Å²) in [6, 6.07) is 5.64. The van der Waals surface area contributed by atoms with Crippen molar-refractivity contribution in [2.24, 2.45) is 0 Å². The number of benzene rings is 2. The van der Waals surface area contributed by atoms with Crippen LogP contribution < -0.4 is 0 Å². The van der Waals surface area contributed by atoms with Crippen LogP contribution in [-0.2, 0) is 12.8 Å². The van der Waals surface area contributed by atoms with Crippen LogP contribution in [0.25, 0.3) is 0 Å². The molecule has 0 spiro atoms. The molecular weight excluding hydrogens is 408 g/mol. The molecule has 10 heteroatoms. The van der Waals surface area contributed by atoms with Gasteiger partial charge in [-0.25, -0.2) is 8.78 Å². The van der Waals surface area contributed by atoms with E-state index in [1.165, 1.54) is 0 Å². The Morgan fingerprint density at radius 2 is 0.962 bits per heavy atom. The van der Waals surface area contributed by atoms with E-state index in [1.807, 2.05) is 0 Å². The molecule has 2 aromatic carbocycles. The second-order valence-electron chi connectivity index (χ2n) is 5.25. The Balaban J connectivity index is 2.24. The number of hydrogen-bond acceptors (Lipinski definition) is 2. The predicted octanol–water partition coefficient (Wildman–Crippen LogP) is 6.97. The molecule has 0 aliphatic heterocycles. The molecule has 0 radical (unpaired) electrons. The molecule has 0 aromatic heterocycles. The number of halogens is 8. The molecule has 0 aliphatic carbocycles. The Kier molecular flexibility index (Phi) is 6.49. The molecule has 2 rings (SSSR count). The van der Waals surface area contributed by atoms with E-state index in [4.69, 9.17) is 0 Å². The molecule has 0 heterocycles. The zero-order chi connectivity index (χ0) is 19.5. The van der Waals surface area contributed by atoms with Crippen molar-refractivity contribution >= 4 is 21.6 Å². The Bertz CT molecular complexity index is 702. The summed E-state index contributed by atoms with van der Waals surface area (Å²) in [6.45, 7) is 0. The zero-order valence-corrected chi connectivity index (χ0v) is 14.4. The smallest absolute Gasteiger partial charge is 0.207 e. The molecule has 0 amide bonds. The van der Waals surface area contributed by atoms with Crippen molar-refractivity contribution in [2.45, 2.75) is 35.0 Å². The van der Waals surface area contributed by atoms with Crippen LogP contribution in [0.1, 0.15) is 11.1 Å². The number of rotatable bonds is 5. The molecule has 26 heavy (non-hydrogen) atoms. The first-order valence-electron chi connectivity index (χ1n) is 6.98. The molecule has 0 saturated heterocycles.